The van der Waals surface area contributed by atoms with Gasteiger partial charge >= 0.3 is 0 Å². The second-order valence-corrected chi connectivity index (χ2v) is 5.28. The van der Waals surface area contributed by atoms with Crippen LogP contribution in [-0.2, 0) is 4.74 Å². The molecule has 1 heterocycles. The summed E-state index contributed by atoms with van der Waals surface area (Å²) in [7, 11) is 0. The van der Waals surface area contributed by atoms with Crippen molar-refractivity contribution in [3.63, 3.8) is 0 Å². The third-order valence-electron chi connectivity index (χ3n) is 3.40. The number of nitrogens with zero attached hydrogens (tertiary/aromatic N) is 1. The number of hydrogen-bond donors (Lipinski definition) is 1. The van der Waals surface area contributed by atoms with Crippen molar-refractivity contribution in [3.05, 3.63) is 35.9 Å². The average Bonchev–Trinajstić information content (AvgIpc) is 2.38. The first-order chi connectivity index (χ1) is 8.68. The Hall–Kier alpha value is -0.970. The summed E-state index contributed by atoms with van der Waals surface area (Å²) in [5, 5.41) is 0. The third kappa shape index (κ3) is 3.28. The van der Waals surface area contributed by atoms with Crippen LogP contribution in [0.4, 0.5) is 0 Å². The topological polar surface area (TPSA) is 38.5 Å². The van der Waals surface area contributed by atoms with Gasteiger partial charge < -0.3 is 10.5 Å². The van der Waals surface area contributed by atoms with E-state index >= 15 is 0 Å². The van der Waals surface area contributed by atoms with Crippen LogP contribution in [0.15, 0.2) is 30.3 Å². The Balaban J connectivity index is 2.21. The van der Waals surface area contributed by atoms with Gasteiger partial charge in [-0.3, -0.25) is 4.90 Å². The summed E-state index contributed by atoms with van der Waals surface area (Å²) >= 11 is 5.10. The van der Waals surface area contributed by atoms with Gasteiger partial charge in [0.1, 0.15) is 0 Å². The van der Waals surface area contributed by atoms with Gasteiger partial charge in [-0.1, -0.05) is 42.5 Å². The highest BCUT2D eigenvalue weighted by molar-refractivity contribution is 7.80. The number of morpholine rings is 1. The Bertz CT molecular complexity index is 396. The van der Waals surface area contributed by atoms with Gasteiger partial charge in [0.25, 0.3) is 0 Å². The first-order valence-electron chi connectivity index (χ1n) is 6.35. The Kier molecular flexibility index (Phi) is 4.69. The first-order valence-corrected chi connectivity index (χ1v) is 6.76. The SMILES string of the molecule is CC1COCCN1C(CC(N)=S)c1ccccc1. The van der Waals surface area contributed by atoms with Crippen molar-refractivity contribution in [2.75, 3.05) is 19.8 Å². The van der Waals surface area contributed by atoms with E-state index in [0.29, 0.717) is 11.0 Å². The van der Waals surface area contributed by atoms with Crippen molar-refractivity contribution in [3.8, 4) is 0 Å². The fourth-order valence-electron chi connectivity index (χ4n) is 2.50. The average molecular weight is 264 g/mol. The van der Waals surface area contributed by atoms with Crippen LogP contribution in [0, 0.1) is 0 Å². The summed E-state index contributed by atoms with van der Waals surface area (Å²) in [4.78, 5) is 3.01. The number of hydrogen-bond acceptors (Lipinski definition) is 3. The fraction of sp³-hybridized carbons (Fsp3) is 0.500. The molecule has 1 aliphatic heterocycles. The van der Waals surface area contributed by atoms with E-state index in [1.165, 1.54) is 5.56 Å². The Morgan fingerprint density at radius 3 is 2.83 bits per heavy atom. The molecular formula is C14H20N2OS. The molecule has 3 nitrogen and oxygen atoms in total. The molecule has 0 amide bonds. The fourth-order valence-corrected chi connectivity index (χ4v) is 2.65. The van der Waals surface area contributed by atoms with Gasteiger partial charge in [0.05, 0.1) is 18.2 Å². The van der Waals surface area contributed by atoms with E-state index in [4.69, 9.17) is 22.7 Å². The van der Waals surface area contributed by atoms with E-state index in [1.807, 2.05) is 6.07 Å². The molecule has 1 fully saturated rings. The summed E-state index contributed by atoms with van der Waals surface area (Å²) in [6.45, 7) is 4.68. The first kappa shape index (κ1) is 13.5. The highest BCUT2D eigenvalue weighted by Crippen LogP contribution is 2.27. The molecule has 1 aromatic rings. The minimum absolute atomic E-state index is 0.266. The van der Waals surface area contributed by atoms with Crippen LogP contribution in [0.25, 0.3) is 0 Å². The summed E-state index contributed by atoms with van der Waals surface area (Å²) in [5.41, 5.74) is 7.03. The Morgan fingerprint density at radius 1 is 1.50 bits per heavy atom. The number of ether oxygens (including phenoxy) is 1. The maximum absolute atomic E-state index is 5.76. The van der Waals surface area contributed by atoms with Gasteiger partial charge in [0.15, 0.2) is 0 Å². The van der Waals surface area contributed by atoms with Gasteiger partial charge in [0.2, 0.25) is 0 Å². The summed E-state index contributed by atoms with van der Waals surface area (Å²) in [6, 6.07) is 11.1. The molecule has 2 unspecified atom stereocenters. The molecule has 1 saturated heterocycles. The summed E-state index contributed by atoms with van der Waals surface area (Å²) < 4.78 is 5.50. The molecule has 2 atom stereocenters. The lowest BCUT2D eigenvalue weighted by atomic mass is 10.00. The normalized spacial score (nSPS) is 22.6. The van der Waals surface area contributed by atoms with Crippen molar-refractivity contribution in [1.82, 2.24) is 4.90 Å². The predicted molar refractivity (Wildman–Crippen MR) is 77.6 cm³/mol. The largest absolute Gasteiger partial charge is 0.393 e. The minimum atomic E-state index is 0.266. The monoisotopic (exact) mass is 264 g/mol. The van der Waals surface area contributed by atoms with Crippen LogP contribution < -0.4 is 5.73 Å². The standard InChI is InChI=1S/C14H20N2OS/c1-11-10-17-8-7-16(11)13(9-14(15)18)12-5-3-2-4-6-12/h2-6,11,13H,7-10H2,1H3,(H2,15,18). The van der Waals surface area contributed by atoms with Gasteiger partial charge in [0, 0.05) is 25.0 Å². The zero-order valence-corrected chi connectivity index (χ0v) is 11.5. The highest BCUT2D eigenvalue weighted by Gasteiger charge is 2.27. The van der Waals surface area contributed by atoms with E-state index < -0.39 is 0 Å². The summed E-state index contributed by atoms with van der Waals surface area (Å²) in [5.74, 6) is 0. The Morgan fingerprint density at radius 2 is 2.22 bits per heavy atom. The van der Waals surface area contributed by atoms with Crippen LogP contribution in [0.2, 0.25) is 0 Å². The molecule has 0 radical (unpaired) electrons. The Labute approximate surface area is 114 Å². The van der Waals surface area contributed by atoms with Crippen molar-refractivity contribution < 1.29 is 4.74 Å². The molecule has 0 aliphatic carbocycles. The molecule has 2 N–H and O–H groups in total. The second kappa shape index (κ2) is 6.27. The third-order valence-corrected chi connectivity index (χ3v) is 3.56. The number of nitrogens with two attached hydrogens (primary N) is 1. The number of thiocarbonyl (C=S) groups is 1. The van der Waals surface area contributed by atoms with Crippen LogP contribution in [0.5, 0.6) is 0 Å². The molecule has 0 saturated carbocycles. The lowest BCUT2D eigenvalue weighted by Gasteiger charge is -2.39. The van der Waals surface area contributed by atoms with Crippen LogP contribution in [0.3, 0.4) is 0 Å². The quantitative estimate of drug-likeness (QED) is 0.846. The lowest BCUT2D eigenvalue weighted by Crippen LogP contribution is -2.46. The van der Waals surface area contributed by atoms with Crippen molar-refractivity contribution in [2.45, 2.75) is 25.4 Å². The van der Waals surface area contributed by atoms with Crippen LogP contribution >= 0.6 is 12.2 Å². The van der Waals surface area contributed by atoms with E-state index in [-0.39, 0.29) is 6.04 Å². The van der Waals surface area contributed by atoms with E-state index in [2.05, 4.69) is 36.1 Å². The predicted octanol–water partition coefficient (Wildman–Crippen LogP) is 2.12. The second-order valence-electron chi connectivity index (χ2n) is 4.76. The number of rotatable bonds is 4. The number of benzene rings is 1. The van der Waals surface area contributed by atoms with E-state index in [0.717, 1.165) is 26.2 Å². The smallest absolute Gasteiger partial charge is 0.0746 e. The zero-order valence-electron chi connectivity index (χ0n) is 10.7. The minimum Gasteiger partial charge on any atom is -0.393 e. The zero-order chi connectivity index (χ0) is 13.0. The molecule has 1 aliphatic rings. The van der Waals surface area contributed by atoms with Gasteiger partial charge in [-0.05, 0) is 12.5 Å². The van der Waals surface area contributed by atoms with Crippen LogP contribution in [0.1, 0.15) is 24.9 Å². The van der Waals surface area contributed by atoms with Gasteiger partial charge in [-0.2, -0.15) is 0 Å². The maximum atomic E-state index is 5.76. The molecule has 18 heavy (non-hydrogen) atoms. The van der Waals surface area contributed by atoms with E-state index in [1.54, 1.807) is 0 Å². The lowest BCUT2D eigenvalue weighted by molar-refractivity contribution is -0.0213. The molecule has 0 spiro atoms. The van der Waals surface area contributed by atoms with Crippen LogP contribution in [-0.4, -0.2) is 35.7 Å². The molecule has 4 heteroatoms. The van der Waals surface area contributed by atoms with Crippen molar-refractivity contribution in [2.24, 2.45) is 5.73 Å². The molecule has 1 aromatic carbocycles. The van der Waals surface area contributed by atoms with Gasteiger partial charge in [-0.25, -0.2) is 0 Å². The molecule has 98 valence electrons. The van der Waals surface area contributed by atoms with Crippen molar-refractivity contribution in [1.29, 1.82) is 0 Å². The summed E-state index contributed by atoms with van der Waals surface area (Å²) in [6.07, 6.45) is 0.726. The molecule has 2 rings (SSSR count). The molecular weight excluding hydrogens is 244 g/mol. The van der Waals surface area contributed by atoms with E-state index in [9.17, 15) is 0 Å². The van der Waals surface area contributed by atoms with Crippen molar-refractivity contribution >= 4 is 17.2 Å². The van der Waals surface area contributed by atoms with Gasteiger partial charge in [-0.15, -0.1) is 0 Å². The molecule has 0 aromatic heterocycles. The maximum Gasteiger partial charge on any atom is 0.0746 e. The highest BCUT2D eigenvalue weighted by atomic mass is 32.1. The molecule has 0 bridgehead atoms.